The minimum absolute atomic E-state index is 0.00810. The molecule has 0 aliphatic heterocycles. The first-order chi connectivity index (χ1) is 11.3. The van der Waals surface area contributed by atoms with Crippen molar-refractivity contribution >= 4 is 14.3 Å². The van der Waals surface area contributed by atoms with Crippen molar-refractivity contribution in [3.63, 3.8) is 0 Å². The van der Waals surface area contributed by atoms with Gasteiger partial charge in [0.15, 0.2) is 8.32 Å². The molecule has 0 aromatic carbocycles. The minimum atomic E-state index is -2.03. The van der Waals surface area contributed by atoms with E-state index in [1.54, 1.807) is 0 Å². The predicted octanol–water partition coefficient (Wildman–Crippen LogP) is 4.31. The average Bonchev–Trinajstić information content (AvgIpc) is 2.46. The molecule has 0 amide bonds. The molecule has 2 N–H and O–H groups in total. The Morgan fingerprint density at radius 3 is 2.36 bits per heavy atom. The number of fused-ring (bicyclic) bond motifs is 1. The van der Waals surface area contributed by atoms with Crippen molar-refractivity contribution in [2.75, 3.05) is 6.61 Å². The molecule has 1 fully saturated rings. The first kappa shape index (κ1) is 20.7. The third-order valence-corrected chi connectivity index (χ3v) is 11.4. The second-order valence-corrected chi connectivity index (χ2v) is 14.9. The molecule has 2 aliphatic carbocycles. The number of hydrogen-bond donors (Lipinski definition) is 2. The zero-order valence-electron chi connectivity index (χ0n) is 16.9. The third-order valence-electron chi connectivity index (χ3n) is 6.91. The smallest absolute Gasteiger partial charge is 0.307 e. The van der Waals surface area contributed by atoms with Gasteiger partial charge >= 0.3 is 5.97 Å². The molecule has 25 heavy (non-hydrogen) atoms. The van der Waals surface area contributed by atoms with Gasteiger partial charge in [-0.15, -0.1) is 0 Å². The van der Waals surface area contributed by atoms with Gasteiger partial charge in [0.2, 0.25) is 0 Å². The zero-order chi connectivity index (χ0) is 19.2. The number of carboxylic acids is 1. The number of carbonyl (C=O) groups is 1. The van der Waals surface area contributed by atoms with E-state index < -0.39 is 20.2 Å². The summed E-state index contributed by atoms with van der Waals surface area (Å²) in [5.74, 6) is -0.955. The van der Waals surface area contributed by atoms with Crippen molar-refractivity contribution in [2.45, 2.75) is 71.7 Å². The lowest BCUT2D eigenvalue weighted by Crippen LogP contribution is -2.55. The maximum atomic E-state index is 12.0. The summed E-state index contributed by atoms with van der Waals surface area (Å²) < 4.78 is 6.77. The largest absolute Gasteiger partial charge is 0.481 e. The summed E-state index contributed by atoms with van der Waals surface area (Å²) in [5, 5.41) is 19.9. The van der Waals surface area contributed by atoms with E-state index in [9.17, 15) is 15.0 Å². The maximum absolute atomic E-state index is 12.0. The van der Waals surface area contributed by atoms with Crippen molar-refractivity contribution in [2.24, 2.45) is 29.1 Å². The fraction of sp³-hybridized carbons (Fsp3) is 0.850. The normalized spacial score (nSPS) is 39.1. The van der Waals surface area contributed by atoms with E-state index in [4.69, 9.17) is 4.43 Å². The Hall–Kier alpha value is -0.653. The van der Waals surface area contributed by atoms with Gasteiger partial charge in [0, 0.05) is 18.6 Å². The molecule has 144 valence electrons. The second-order valence-electron chi connectivity index (χ2n) is 10.1. The molecule has 0 bridgehead atoms. The first-order valence-corrected chi connectivity index (χ1v) is 12.4. The minimum Gasteiger partial charge on any atom is -0.481 e. The highest BCUT2D eigenvalue weighted by atomic mass is 28.4. The molecule has 1 saturated carbocycles. The Kier molecular flexibility index (Phi) is 5.63. The highest BCUT2D eigenvalue weighted by Gasteiger charge is 2.53. The molecule has 0 radical (unpaired) electrons. The number of hydrogen-bond acceptors (Lipinski definition) is 3. The Morgan fingerprint density at radius 2 is 1.88 bits per heavy atom. The highest BCUT2D eigenvalue weighted by Crippen LogP contribution is 2.52. The lowest BCUT2D eigenvalue weighted by Gasteiger charge is -2.53. The van der Waals surface area contributed by atoms with E-state index in [-0.39, 0.29) is 40.9 Å². The molecule has 6 atom stereocenters. The average molecular weight is 369 g/mol. The van der Waals surface area contributed by atoms with Crippen LogP contribution in [0.4, 0.5) is 0 Å². The molecule has 5 heteroatoms. The van der Waals surface area contributed by atoms with Crippen molar-refractivity contribution < 1.29 is 19.4 Å². The van der Waals surface area contributed by atoms with Crippen LogP contribution in [0, 0.1) is 29.1 Å². The van der Waals surface area contributed by atoms with Gasteiger partial charge in [-0.3, -0.25) is 4.79 Å². The van der Waals surface area contributed by atoms with Crippen molar-refractivity contribution in [1.29, 1.82) is 0 Å². The number of rotatable bonds is 4. The summed E-state index contributed by atoms with van der Waals surface area (Å²) in [6.07, 6.45) is 5.70. The standard InChI is InChI=1S/C20H36O4Si/c1-13-8-9-14-10-20(5,12-21)11-15(17(14)16(13)18(22)23)24-25(6,7)19(2,3)4/h8-9,13-17,21H,10-12H2,1-7H3,(H,22,23)/t13-,14-,15-,16-,17?,20-/m0/s1. The van der Waals surface area contributed by atoms with Gasteiger partial charge in [0.25, 0.3) is 0 Å². The fourth-order valence-electron chi connectivity index (χ4n) is 4.36. The molecule has 0 heterocycles. The van der Waals surface area contributed by atoms with E-state index >= 15 is 0 Å². The molecule has 2 aliphatic rings. The van der Waals surface area contributed by atoms with Crippen LogP contribution in [0.1, 0.15) is 47.5 Å². The van der Waals surface area contributed by atoms with Crippen LogP contribution in [-0.2, 0) is 9.22 Å². The van der Waals surface area contributed by atoms with E-state index in [0.29, 0.717) is 0 Å². The van der Waals surface area contributed by atoms with Gasteiger partial charge in [0.1, 0.15) is 0 Å². The van der Waals surface area contributed by atoms with Crippen LogP contribution in [0.15, 0.2) is 12.2 Å². The molecule has 4 nitrogen and oxygen atoms in total. The molecular weight excluding hydrogens is 332 g/mol. The number of aliphatic carboxylic acids is 1. The molecule has 0 saturated heterocycles. The maximum Gasteiger partial charge on any atom is 0.307 e. The molecule has 0 aromatic heterocycles. The monoisotopic (exact) mass is 368 g/mol. The third kappa shape index (κ3) is 4.04. The molecule has 2 rings (SSSR count). The quantitative estimate of drug-likeness (QED) is 0.573. The van der Waals surface area contributed by atoms with Crippen molar-refractivity contribution in [3.05, 3.63) is 12.2 Å². The second kappa shape index (κ2) is 6.82. The Balaban J connectivity index is 2.42. The number of aliphatic hydroxyl groups is 1. The van der Waals surface area contributed by atoms with Crippen molar-refractivity contribution in [3.8, 4) is 0 Å². The van der Waals surface area contributed by atoms with Gasteiger partial charge in [-0.05, 0) is 48.2 Å². The van der Waals surface area contributed by atoms with Gasteiger partial charge in [-0.1, -0.05) is 46.8 Å². The van der Waals surface area contributed by atoms with Crippen LogP contribution in [0.2, 0.25) is 18.1 Å². The van der Waals surface area contributed by atoms with E-state index in [0.717, 1.165) is 12.8 Å². The lowest BCUT2D eigenvalue weighted by atomic mass is 9.58. The van der Waals surface area contributed by atoms with Crippen LogP contribution in [-0.4, -0.2) is 37.2 Å². The van der Waals surface area contributed by atoms with E-state index in [2.05, 4.69) is 46.9 Å². The van der Waals surface area contributed by atoms with Gasteiger partial charge in [0.05, 0.1) is 5.92 Å². The Bertz CT molecular complexity index is 536. The lowest BCUT2D eigenvalue weighted by molar-refractivity contribution is -0.152. The van der Waals surface area contributed by atoms with Crippen LogP contribution in [0.3, 0.4) is 0 Å². The van der Waals surface area contributed by atoms with Gasteiger partial charge < -0.3 is 14.6 Å². The molecule has 1 unspecified atom stereocenters. The van der Waals surface area contributed by atoms with Crippen LogP contribution >= 0.6 is 0 Å². The Labute approximate surface area is 153 Å². The summed E-state index contributed by atoms with van der Waals surface area (Å²) in [7, 11) is -2.03. The number of carboxylic acid groups (broad SMARTS) is 1. The molecule has 0 aromatic rings. The summed E-state index contributed by atoms with van der Waals surface area (Å²) in [5.41, 5.74) is -0.206. The van der Waals surface area contributed by atoms with E-state index in [1.807, 2.05) is 13.0 Å². The van der Waals surface area contributed by atoms with Crippen LogP contribution < -0.4 is 0 Å². The SMILES string of the molecule is C[C@H]1C=C[C@H]2C[C@](C)(CO)C[C@H](O[Si](C)(C)C(C)(C)C)C2[C@H]1C(=O)O. The summed E-state index contributed by atoms with van der Waals surface area (Å²) >= 11 is 0. The first-order valence-electron chi connectivity index (χ1n) is 9.51. The number of allylic oxidation sites excluding steroid dienone is 2. The van der Waals surface area contributed by atoms with Crippen molar-refractivity contribution in [1.82, 2.24) is 0 Å². The van der Waals surface area contributed by atoms with Crippen LogP contribution in [0.5, 0.6) is 0 Å². The molecule has 0 spiro atoms. The summed E-state index contributed by atoms with van der Waals surface area (Å²) in [6, 6.07) is 0. The fourth-order valence-corrected chi connectivity index (χ4v) is 5.71. The topological polar surface area (TPSA) is 66.8 Å². The van der Waals surface area contributed by atoms with E-state index in [1.165, 1.54) is 0 Å². The number of aliphatic hydroxyl groups excluding tert-OH is 1. The molecular formula is C20H36O4Si. The Morgan fingerprint density at radius 1 is 1.28 bits per heavy atom. The van der Waals surface area contributed by atoms with Gasteiger partial charge in [-0.25, -0.2) is 0 Å². The van der Waals surface area contributed by atoms with Gasteiger partial charge in [-0.2, -0.15) is 0 Å². The van der Waals surface area contributed by atoms with Crippen LogP contribution in [0.25, 0.3) is 0 Å². The summed E-state index contributed by atoms with van der Waals surface area (Å²) in [6.45, 7) is 15.3. The summed E-state index contributed by atoms with van der Waals surface area (Å²) in [4.78, 5) is 12.0. The highest BCUT2D eigenvalue weighted by molar-refractivity contribution is 6.74. The predicted molar refractivity (Wildman–Crippen MR) is 103 cm³/mol. The zero-order valence-corrected chi connectivity index (χ0v) is 17.9.